The van der Waals surface area contributed by atoms with E-state index in [2.05, 4.69) is 9.69 Å². The zero-order chi connectivity index (χ0) is 30.8. The molecular weight excluding hydrogens is 605 g/mol. The lowest BCUT2D eigenvalue weighted by molar-refractivity contribution is 0.0696. The highest BCUT2D eigenvalue weighted by Crippen LogP contribution is 2.43. The van der Waals surface area contributed by atoms with Gasteiger partial charge in [0.2, 0.25) is 0 Å². The van der Waals surface area contributed by atoms with Gasteiger partial charge < -0.3 is 10.4 Å². The third-order valence-electron chi connectivity index (χ3n) is 8.22. The summed E-state index contributed by atoms with van der Waals surface area (Å²) in [7, 11) is 0. The van der Waals surface area contributed by atoms with Crippen LogP contribution in [0.5, 0.6) is 0 Å². The largest absolute Gasteiger partial charge is 0.478 e. The van der Waals surface area contributed by atoms with Crippen LogP contribution >= 0.6 is 23.3 Å². The van der Waals surface area contributed by atoms with Crippen molar-refractivity contribution in [3.8, 4) is 11.3 Å². The first-order valence-electron chi connectivity index (χ1n) is 14.1. The Hall–Kier alpha value is -5.38. The number of hydrogen-bond donors (Lipinski definition) is 2. The smallest absolute Gasteiger partial charge is 0.335 e. The molecule has 0 saturated carbocycles. The number of carbonyl (C=O) groups is 4. The van der Waals surface area contributed by atoms with Crippen molar-refractivity contribution in [2.24, 2.45) is 0 Å². The van der Waals surface area contributed by atoms with E-state index >= 15 is 0 Å². The van der Waals surface area contributed by atoms with E-state index in [4.69, 9.17) is 0 Å². The number of rotatable bonds is 5. The normalized spacial score (nSPS) is 12.8. The summed E-state index contributed by atoms with van der Waals surface area (Å²) in [6, 6.07) is 28.3. The van der Waals surface area contributed by atoms with E-state index in [9.17, 15) is 24.3 Å². The molecule has 1 aromatic heterocycles. The molecule has 1 amide bonds. The van der Waals surface area contributed by atoms with Gasteiger partial charge in [-0.1, -0.05) is 66.4 Å². The third-order valence-corrected chi connectivity index (χ3v) is 10.2. The van der Waals surface area contributed by atoms with Crippen molar-refractivity contribution in [2.75, 3.05) is 5.32 Å². The predicted octanol–water partition coefficient (Wildman–Crippen LogP) is 7.74. The molecule has 0 saturated heterocycles. The summed E-state index contributed by atoms with van der Waals surface area (Å²) in [6.45, 7) is 0. The average Bonchev–Trinajstić information content (AvgIpc) is 3.50. The van der Waals surface area contributed by atoms with Crippen molar-refractivity contribution in [3.63, 3.8) is 0 Å². The number of amides is 1. The van der Waals surface area contributed by atoms with E-state index in [-0.39, 0.29) is 17.1 Å². The van der Waals surface area contributed by atoms with Crippen LogP contribution in [0, 0.1) is 0 Å². The number of carbonyl (C=O) groups excluding carboxylic acids is 3. The molecule has 2 N–H and O–H groups in total. The fourth-order valence-electron chi connectivity index (χ4n) is 6.14. The summed E-state index contributed by atoms with van der Waals surface area (Å²) in [4.78, 5) is 54.1. The molecule has 9 heteroatoms. The third kappa shape index (κ3) is 4.31. The lowest BCUT2D eigenvalue weighted by Crippen LogP contribution is -2.21. The first-order valence-corrected chi connectivity index (χ1v) is 15.7. The van der Waals surface area contributed by atoms with E-state index in [0.717, 1.165) is 26.5 Å². The topological polar surface area (TPSA) is 113 Å². The molecule has 0 bridgehead atoms. The number of aromatic carboxylic acids is 1. The maximum absolute atomic E-state index is 14.0. The van der Waals surface area contributed by atoms with Crippen molar-refractivity contribution >= 4 is 62.5 Å². The number of aromatic nitrogens is 1. The molecule has 0 unspecified atom stereocenters. The maximum Gasteiger partial charge on any atom is 0.335 e. The van der Waals surface area contributed by atoms with Crippen molar-refractivity contribution < 1.29 is 24.3 Å². The van der Waals surface area contributed by atoms with Crippen molar-refractivity contribution in [3.05, 3.63) is 142 Å². The van der Waals surface area contributed by atoms with Gasteiger partial charge in [-0.05, 0) is 65.1 Å². The Kier molecular flexibility index (Phi) is 6.26. The summed E-state index contributed by atoms with van der Waals surface area (Å²) in [5.74, 6) is -1.68. The summed E-state index contributed by atoms with van der Waals surface area (Å²) in [5.41, 5.74) is 6.20. The van der Waals surface area contributed by atoms with Gasteiger partial charge in [-0.2, -0.15) is 4.37 Å². The van der Waals surface area contributed by atoms with E-state index in [0.29, 0.717) is 55.7 Å². The first kappa shape index (κ1) is 27.2. The number of nitrogens with zero attached hydrogens (tertiary/aromatic N) is 1. The van der Waals surface area contributed by atoms with Gasteiger partial charge in [0, 0.05) is 49.4 Å². The monoisotopic (exact) mass is 624 g/mol. The summed E-state index contributed by atoms with van der Waals surface area (Å²) < 4.78 is 5.26. The molecule has 0 atom stereocenters. The van der Waals surface area contributed by atoms with Crippen LogP contribution in [-0.2, 0) is 6.42 Å². The number of benzene rings is 5. The molecule has 0 fully saturated rings. The van der Waals surface area contributed by atoms with E-state index in [1.54, 1.807) is 48.5 Å². The second-order valence-electron chi connectivity index (χ2n) is 10.8. The molecule has 7 nitrogen and oxygen atoms in total. The molecule has 216 valence electrons. The Labute approximate surface area is 264 Å². The Morgan fingerprint density at radius 3 is 2.42 bits per heavy atom. The Bertz CT molecular complexity index is 2310. The number of fused-ring (bicyclic) bond motifs is 4. The highest BCUT2D eigenvalue weighted by molar-refractivity contribution is 7.99. The SMILES string of the molecule is O=C(O)c1cccc(Sc2cccc3c2Cc2cccc(NC(=O)c4ccc5c6c(nsc46)-c4ccccc4C5=O)c2C3=O)c1. The number of nitrogens with one attached hydrogen (secondary N) is 1. The van der Waals surface area contributed by atoms with Crippen LogP contribution in [0.4, 0.5) is 5.69 Å². The predicted molar refractivity (Wildman–Crippen MR) is 173 cm³/mol. The first-order chi connectivity index (χ1) is 21.9. The molecule has 0 radical (unpaired) electrons. The van der Waals surface area contributed by atoms with Crippen LogP contribution in [0.2, 0.25) is 0 Å². The van der Waals surface area contributed by atoms with Crippen molar-refractivity contribution in [1.29, 1.82) is 0 Å². The van der Waals surface area contributed by atoms with Crippen LogP contribution < -0.4 is 5.32 Å². The second kappa shape index (κ2) is 10.4. The van der Waals surface area contributed by atoms with E-state index < -0.39 is 11.9 Å². The van der Waals surface area contributed by atoms with Crippen LogP contribution in [0.15, 0.2) is 107 Å². The standard InChI is InChI=1S/C36H20N2O5S2/c39-32-22-10-2-1-9-21(22)31-30-24(32)14-15-25(34(30)45-38-31)35(41)37-27-12-4-6-18-17-26-23(33(40)29(18)27)11-5-13-28(26)44-20-8-3-7-19(16-20)36(42)43/h1-16H,17H2,(H,37,41)(H,42,43). The summed E-state index contributed by atoms with van der Waals surface area (Å²) in [6.07, 6.45) is 0.473. The minimum Gasteiger partial charge on any atom is -0.478 e. The van der Waals surface area contributed by atoms with E-state index in [1.165, 1.54) is 23.3 Å². The number of hydrogen-bond acceptors (Lipinski definition) is 7. The number of carboxylic acid groups (broad SMARTS) is 1. The Morgan fingerprint density at radius 1 is 0.800 bits per heavy atom. The van der Waals surface area contributed by atoms with Gasteiger partial charge in [-0.3, -0.25) is 14.4 Å². The molecule has 0 spiro atoms. The van der Waals surface area contributed by atoms with Gasteiger partial charge in [-0.25, -0.2) is 4.79 Å². The molecule has 5 aromatic carbocycles. The van der Waals surface area contributed by atoms with Crippen LogP contribution in [0.3, 0.4) is 0 Å². The number of anilines is 1. The van der Waals surface area contributed by atoms with Crippen molar-refractivity contribution in [2.45, 2.75) is 16.2 Å². The lowest BCUT2D eigenvalue weighted by Gasteiger charge is -2.23. The highest BCUT2D eigenvalue weighted by Gasteiger charge is 2.31. The van der Waals surface area contributed by atoms with Gasteiger partial charge in [0.1, 0.15) is 0 Å². The van der Waals surface area contributed by atoms with Crippen molar-refractivity contribution in [1.82, 2.24) is 4.37 Å². The highest BCUT2D eigenvalue weighted by atomic mass is 32.2. The van der Waals surface area contributed by atoms with Gasteiger partial charge in [-0.15, -0.1) is 0 Å². The molecule has 1 heterocycles. The molecule has 6 aromatic rings. The summed E-state index contributed by atoms with van der Waals surface area (Å²) >= 11 is 2.60. The van der Waals surface area contributed by atoms with Crippen LogP contribution in [-0.4, -0.2) is 32.9 Å². The number of carboxylic acids is 1. The van der Waals surface area contributed by atoms with Gasteiger partial charge in [0.25, 0.3) is 5.91 Å². The lowest BCUT2D eigenvalue weighted by atomic mass is 9.84. The van der Waals surface area contributed by atoms with E-state index in [1.807, 2.05) is 48.5 Å². The van der Waals surface area contributed by atoms with Gasteiger partial charge in [0.05, 0.1) is 27.2 Å². The quantitative estimate of drug-likeness (QED) is 0.201. The Morgan fingerprint density at radius 2 is 1.58 bits per heavy atom. The number of ketones is 2. The Balaban J connectivity index is 1.13. The van der Waals surface area contributed by atoms with Crippen LogP contribution in [0.25, 0.3) is 21.3 Å². The minimum absolute atomic E-state index is 0.0937. The molecule has 2 aliphatic rings. The minimum atomic E-state index is -0.999. The fraction of sp³-hybridized carbons (Fsp3) is 0.0278. The fourth-order valence-corrected chi connectivity index (χ4v) is 8.11. The van der Waals surface area contributed by atoms with Crippen LogP contribution in [0.1, 0.15) is 63.7 Å². The molecular formula is C36H20N2O5S2. The maximum atomic E-state index is 14.0. The van der Waals surface area contributed by atoms with Gasteiger partial charge >= 0.3 is 5.97 Å². The zero-order valence-electron chi connectivity index (χ0n) is 23.3. The second-order valence-corrected chi connectivity index (χ2v) is 12.7. The average molecular weight is 625 g/mol. The van der Waals surface area contributed by atoms with Gasteiger partial charge in [0.15, 0.2) is 11.6 Å². The summed E-state index contributed by atoms with van der Waals surface area (Å²) in [5, 5.41) is 13.1. The molecule has 2 aliphatic carbocycles. The molecule has 8 rings (SSSR count). The molecule has 45 heavy (non-hydrogen) atoms. The zero-order valence-corrected chi connectivity index (χ0v) is 24.9. The molecule has 0 aliphatic heterocycles.